The summed E-state index contributed by atoms with van der Waals surface area (Å²) in [5.74, 6) is 0.893. The van der Waals surface area contributed by atoms with Gasteiger partial charge in [-0.05, 0) is 84.9 Å². The largest absolute Gasteiger partial charge is 0.317 e. The second kappa shape index (κ2) is 10.3. The molecule has 50 heavy (non-hydrogen) atoms. The van der Waals surface area contributed by atoms with Crippen molar-refractivity contribution in [1.82, 2.24) is 23.3 Å². The molecular weight excluding hydrogens is 611 g/mol. The fraction of sp³-hybridized carbons (Fsp3) is 0. The Morgan fingerprint density at radius 1 is 0.340 bits per heavy atom. The van der Waals surface area contributed by atoms with Crippen LogP contribution in [0.4, 0.5) is 0 Å². The fourth-order valence-electron chi connectivity index (χ4n) is 7.99. The van der Waals surface area contributed by atoms with E-state index in [1.54, 1.807) is 0 Å². The lowest BCUT2D eigenvalue weighted by Gasteiger charge is -2.11. The first-order valence-corrected chi connectivity index (χ1v) is 17.0. The van der Waals surface area contributed by atoms with E-state index in [1.165, 1.54) is 48.9 Å². The lowest BCUT2D eigenvalue weighted by atomic mass is 10.1. The summed E-state index contributed by atoms with van der Waals surface area (Å²) in [6, 6.07) is 56.5. The predicted octanol–water partition coefficient (Wildman–Crippen LogP) is 11.2. The van der Waals surface area contributed by atoms with Crippen LogP contribution in [0.2, 0.25) is 0 Å². The van der Waals surface area contributed by atoms with E-state index in [-0.39, 0.29) is 0 Å². The molecule has 0 N–H and O–H groups in total. The molecule has 0 saturated heterocycles. The van der Waals surface area contributed by atoms with Crippen molar-refractivity contribution in [2.24, 2.45) is 0 Å². The van der Waals surface area contributed by atoms with Crippen LogP contribution in [-0.4, -0.2) is 23.3 Å². The van der Waals surface area contributed by atoms with Crippen molar-refractivity contribution in [3.05, 3.63) is 176 Å². The lowest BCUT2D eigenvalue weighted by molar-refractivity contribution is 1.05. The van der Waals surface area contributed by atoms with Gasteiger partial charge in [-0.15, -0.1) is 0 Å². The van der Waals surface area contributed by atoms with E-state index >= 15 is 0 Å². The summed E-state index contributed by atoms with van der Waals surface area (Å²) in [7, 11) is 0. The molecule has 0 saturated carbocycles. The van der Waals surface area contributed by atoms with E-state index in [9.17, 15) is 0 Å². The monoisotopic (exact) mass is 639 g/mol. The summed E-state index contributed by atoms with van der Waals surface area (Å²) in [5, 5.41) is 7.27. The Morgan fingerprint density at radius 2 is 0.840 bits per heavy atom. The zero-order valence-electron chi connectivity index (χ0n) is 27.0. The Morgan fingerprint density at radius 3 is 1.38 bits per heavy atom. The van der Waals surface area contributed by atoms with Gasteiger partial charge in [0.25, 0.3) is 0 Å². The maximum atomic E-state index is 5.16. The molecule has 0 aliphatic heterocycles. The van der Waals surface area contributed by atoms with Crippen molar-refractivity contribution in [2.45, 2.75) is 0 Å². The average molecular weight is 640 g/mol. The van der Waals surface area contributed by atoms with Gasteiger partial charge in [-0.1, -0.05) is 72.8 Å². The van der Waals surface area contributed by atoms with Crippen LogP contribution in [-0.2, 0) is 0 Å². The van der Waals surface area contributed by atoms with Crippen LogP contribution in [0.3, 0.4) is 0 Å². The fourth-order valence-corrected chi connectivity index (χ4v) is 7.99. The first-order valence-electron chi connectivity index (χ1n) is 17.0. The zero-order chi connectivity index (χ0) is 32.8. The quantitative estimate of drug-likeness (QED) is 0.189. The van der Waals surface area contributed by atoms with Crippen LogP contribution < -0.4 is 0 Å². The van der Waals surface area contributed by atoms with Crippen molar-refractivity contribution in [3.8, 4) is 22.9 Å². The van der Waals surface area contributed by atoms with Gasteiger partial charge in [0, 0.05) is 56.1 Å². The Labute approximate surface area is 287 Å². The summed E-state index contributed by atoms with van der Waals surface area (Å²) in [4.78, 5) is 5.16. The van der Waals surface area contributed by atoms with Gasteiger partial charge in [-0.25, -0.2) is 4.98 Å². The third-order valence-corrected chi connectivity index (χ3v) is 10.3. The molecule has 0 radical (unpaired) electrons. The van der Waals surface area contributed by atoms with Gasteiger partial charge < -0.3 is 13.7 Å². The number of hydrogen-bond acceptors (Lipinski definition) is 1. The number of hydrogen-bond donors (Lipinski definition) is 0. The maximum Gasteiger partial charge on any atom is 0.137 e. The van der Waals surface area contributed by atoms with Crippen molar-refractivity contribution in [1.29, 1.82) is 0 Å². The molecule has 6 aromatic carbocycles. The summed E-state index contributed by atoms with van der Waals surface area (Å²) >= 11 is 0. The number of nitrogens with zero attached hydrogens (tertiary/aromatic N) is 5. The van der Waals surface area contributed by atoms with Crippen molar-refractivity contribution in [3.63, 3.8) is 0 Å². The molecule has 0 fully saturated rings. The molecular formula is C45H29N5. The second-order valence-electron chi connectivity index (χ2n) is 13.0. The van der Waals surface area contributed by atoms with Crippen molar-refractivity contribution in [2.75, 3.05) is 0 Å². The predicted molar refractivity (Wildman–Crippen MR) is 207 cm³/mol. The van der Waals surface area contributed by atoms with Gasteiger partial charge in [-0.3, -0.25) is 4.57 Å². The minimum atomic E-state index is 0.893. The lowest BCUT2D eigenvalue weighted by Crippen LogP contribution is -2.00. The Balaban J connectivity index is 1.08. The molecule has 5 aromatic heterocycles. The third-order valence-electron chi connectivity index (χ3n) is 10.3. The van der Waals surface area contributed by atoms with Crippen molar-refractivity contribution < 1.29 is 0 Å². The number of benzene rings is 6. The third kappa shape index (κ3) is 3.86. The molecule has 0 aliphatic carbocycles. The van der Waals surface area contributed by atoms with E-state index in [1.807, 2.05) is 6.20 Å². The number of para-hydroxylation sites is 4. The number of pyridine rings is 1. The molecule has 11 rings (SSSR count). The maximum absolute atomic E-state index is 5.16. The number of rotatable bonds is 4. The minimum absolute atomic E-state index is 0.893. The summed E-state index contributed by atoms with van der Waals surface area (Å²) in [5.41, 5.74) is 10.3. The van der Waals surface area contributed by atoms with E-state index in [0.717, 1.165) is 39.4 Å². The standard InChI is InChI=1S/C45H29N5/c1-3-11-32(12-4-1)47-23-21-30-25-43-37(27-41(30)47)35-15-7-9-17-39(35)49(43)34-19-20-45(46-29-34)50-40-18-10-8-16-36(40)38-28-42-31(26-44(38)50)22-24-48(42)33-13-5-2-6-14-33/h1-29H. The Hall–Kier alpha value is -6.85. The SMILES string of the molecule is c1ccc(-n2ccc3cc4c(cc32)c2ccccc2n4-c2ccc(-n3c4ccccc4c4cc5c(ccn5-c5ccccc5)cc43)nc2)cc1. The first kappa shape index (κ1) is 27.1. The highest BCUT2D eigenvalue weighted by Gasteiger charge is 2.18. The summed E-state index contributed by atoms with van der Waals surface area (Å²) in [6.07, 6.45) is 6.35. The number of fused-ring (bicyclic) bond motifs is 8. The van der Waals surface area contributed by atoms with Gasteiger partial charge in [0.15, 0.2) is 0 Å². The van der Waals surface area contributed by atoms with Crippen LogP contribution >= 0.6 is 0 Å². The first-order chi connectivity index (χ1) is 24.8. The van der Waals surface area contributed by atoms with Crippen molar-refractivity contribution >= 4 is 65.4 Å². The van der Waals surface area contributed by atoms with Crippen LogP contribution in [0.25, 0.3) is 88.3 Å². The van der Waals surface area contributed by atoms with E-state index in [2.05, 4.69) is 188 Å². The molecule has 0 unspecified atom stereocenters. The highest BCUT2D eigenvalue weighted by atomic mass is 15.1. The summed E-state index contributed by atoms with van der Waals surface area (Å²) in [6.45, 7) is 0. The van der Waals surface area contributed by atoms with Gasteiger partial charge in [0.2, 0.25) is 0 Å². The van der Waals surface area contributed by atoms with Crippen LogP contribution in [0.5, 0.6) is 0 Å². The molecule has 0 spiro atoms. The smallest absolute Gasteiger partial charge is 0.137 e. The Bertz CT molecular complexity index is 2860. The second-order valence-corrected chi connectivity index (χ2v) is 13.0. The van der Waals surface area contributed by atoms with Gasteiger partial charge in [0.05, 0.1) is 45.0 Å². The van der Waals surface area contributed by atoms with Gasteiger partial charge in [0.1, 0.15) is 5.82 Å². The highest BCUT2D eigenvalue weighted by Crippen LogP contribution is 2.38. The van der Waals surface area contributed by atoms with E-state index < -0.39 is 0 Å². The molecule has 0 aliphatic rings. The molecule has 11 aromatic rings. The molecule has 5 heterocycles. The molecule has 5 nitrogen and oxygen atoms in total. The molecule has 5 heteroatoms. The summed E-state index contributed by atoms with van der Waals surface area (Å²) < 4.78 is 9.19. The van der Waals surface area contributed by atoms with Crippen LogP contribution in [0.1, 0.15) is 0 Å². The van der Waals surface area contributed by atoms with Gasteiger partial charge >= 0.3 is 0 Å². The van der Waals surface area contributed by atoms with E-state index in [4.69, 9.17) is 4.98 Å². The average Bonchev–Trinajstić information content (AvgIpc) is 3.94. The molecule has 234 valence electrons. The molecule has 0 bridgehead atoms. The topological polar surface area (TPSA) is 32.6 Å². The number of aromatic nitrogens is 5. The Kier molecular flexibility index (Phi) is 5.60. The normalized spacial score (nSPS) is 12.0. The van der Waals surface area contributed by atoms with Crippen LogP contribution in [0, 0.1) is 0 Å². The van der Waals surface area contributed by atoms with E-state index in [0.29, 0.717) is 0 Å². The molecule has 0 amide bonds. The van der Waals surface area contributed by atoms with Crippen LogP contribution in [0.15, 0.2) is 176 Å². The molecule has 0 atom stereocenters. The minimum Gasteiger partial charge on any atom is -0.317 e. The zero-order valence-corrected chi connectivity index (χ0v) is 27.0. The van der Waals surface area contributed by atoms with Gasteiger partial charge in [-0.2, -0.15) is 0 Å². The highest BCUT2D eigenvalue weighted by molar-refractivity contribution is 6.14.